The quantitative estimate of drug-likeness (QED) is 0.0444. The molecule has 14 rings (SSSR count). The van der Waals surface area contributed by atoms with Crippen LogP contribution in [-0.4, -0.2) is 30.8 Å². The van der Waals surface area contributed by atoms with E-state index in [1.807, 2.05) is 18.3 Å². The van der Waals surface area contributed by atoms with E-state index in [2.05, 4.69) is 332 Å². The number of fused-ring (bicyclic) bond motifs is 4. The van der Waals surface area contributed by atoms with E-state index in [1.54, 1.807) is 0 Å². The molecule has 9 heteroatoms. The summed E-state index contributed by atoms with van der Waals surface area (Å²) in [5.41, 5.74) is 6.65. The third-order valence-electron chi connectivity index (χ3n) is 16.2. The van der Waals surface area contributed by atoms with Crippen molar-refractivity contribution in [3.8, 4) is 40.2 Å². The Balaban J connectivity index is 0.963. The van der Waals surface area contributed by atoms with Crippen molar-refractivity contribution in [2.45, 2.75) is 26.2 Å². The molecule has 0 aliphatic rings. The SMILES string of the molecule is CC(C)(C)c1ccnc(-n2c3ccccc3c3ccc(Oc4cccc(-n5[c-][n+](-c6c(O[Si](c7ccccc7)(c7ccccc7)c7ccccc7)cccc6O[Si](c6ccccc6)(c6ccccc6)c6ccccc6)c6ccccc65)c4)cc32)c1. The molecule has 11 aromatic carbocycles. The first-order chi connectivity index (χ1) is 41.8. The molecule has 3 heterocycles. The maximum Gasteiger partial charge on any atom is 0.346 e. The molecule has 0 saturated carbocycles. The Hall–Kier alpha value is -10.3. The number of aromatic nitrogens is 4. The molecule has 3 aromatic heterocycles. The topological polar surface area (TPSA) is 54.3 Å². The van der Waals surface area contributed by atoms with Gasteiger partial charge in [-0.1, -0.05) is 257 Å². The summed E-state index contributed by atoms with van der Waals surface area (Å²) in [5.74, 6) is 3.53. The van der Waals surface area contributed by atoms with E-state index in [1.165, 1.54) is 5.56 Å². The van der Waals surface area contributed by atoms with Gasteiger partial charge in [0, 0.05) is 23.0 Å². The van der Waals surface area contributed by atoms with Crippen molar-refractivity contribution in [3.63, 3.8) is 0 Å². The zero-order valence-corrected chi connectivity index (χ0v) is 49.5. The van der Waals surface area contributed by atoms with Crippen LogP contribution in [0.15, 0.2) is 310 Å². The molecule has 0 aliphatic heterocycles. The molecule has 410 valence electrons. The summed E-state index contributed by atoms with van der Waals surface area (Å²) < 4.78 is 29.8. The van der Waals surface area contributed by atoms with E-state index < -0.39 is 16.6 Å². The van der Waals surface area contributed by atoms with E-state index in [-0.39, 0.29) is 5.41 Å². The summed E-state index contributed by atoms with van der Waals surface area (Å²) in [4.78, 5) is 4.93. The summed E-state index contributed by atoms with van der Waals surface area (Å²) in [7, 11) is -6.86. The van der Waals surface area contributed by atoms with Crippen LogP contribution in [0.4, 0.5) is 0 Å². The van der Waals surface area contributed by atoms with Gasteiger partial charge >= 0.3 is 16.6 Å². The number of imidazole rings is 1. The third kappa shape index (κ3) is 9.59. The Bertz CT molecular complexity index is 4330. The molecular formula is C76H60N4O3Si2. The zero-order valence-electron chi connectivity index (χ0n) is 47.5. The Morgan fingerprint density at radius 2 is 0.847 bits per heavy atom. The Morgan fingerprint density at radius 3 is 1.36 bits per heavy atom. The lowest BCUT2D eigenvalue weighted by Gasteiger charge is -2.36. The van der Waals surface area contributed by atoms with Crippen molar-refractivity contribution < 1.29 is 18.2 Å². The highest BCUT2D eigenvalue weighted by Crippen LogP contribution is 2.38. The number of hydrogen-bond acceptors (Lipinski definition) is 4. The predicted octanol–water partition coefficient (Wildman–Crippen LogP) is 13.4. The largest absolute Gasteiger partial charge is 0.533 e. The van der Waals surface area contributed by atoms with E-state index in [4.69, 9.17) is 18.6 Å². The fourth-order valence-corrected chi connectivity index (χ4v) is 19.8. The van der Waals surface area contributed by atoms with E-state index in [0.717, 1.165) is 81.2 Å². The van der Waals surface area contributed by atoms with Crippen LogP contribution in [0.2, 0.25) is 0 Å². The Morgan fingerprint density at radius 1 is 0.400 bits per heavy atom. The second-order valence-corrected chi connectivity index (χ2v) is 29.0. The fourth-order valence-electron chi connectivity index (χ4n) is 12.1. The second kappa shape index (κ2) is 22.1. The fraction of sp³-hybridized carbons (Fsp3) is 0.0526. The number of rotatable bonds is 15. The van der Waals surface area contributed by atoms with Crippen molar-refractivity contribution in [1.29, 1.82) is 0 Å². The van der Waals surface area contributed by atoms with Gasteiger partial charge in [-0.25, -0.2) is 4.98 Å². The molecule has 0 saturated heterocycles. The van der Waals surface area contributed by atoms with Crippen LogP contribution in [0.25, 0.3) is 50.0 Å². The molecule has 0 radical (unpaired) electrons. The molecule has 7 nitrogen and oxygen atoms in total. The molecule has 0 atom stereocenters. The van der Waals surface area contributed by atoms with Crippen molar-refractivity contribution >= 4 is 80.6 Å². The molecule has 14 aromatic rings. The molecule has 0 spiro atoms. The summed E-state index contributed by atoms with van der Waals surface area (Å²) in [6.45, 7) is 6.70. The molecule has 85 heavy (non-hydrogen) atoms. The summed E-state index contributed by atoms with van der Waals surface area (Å²) in [6, 6.07) is 107. The lowest BCUT2D eigenvalue weighted by atomic mass is 9.88. The summed E-state index contributed by atoms with van der Waals surface area (Å²) in [6.07, 6.45) is 5.84. The minimum atomic E-state index is -3.43. The van der Waals surface area contributed by atoms with Crippen LogP contribution in [0.1, 0.15) is 26.3 Å². The minimum absolute atomic E-state index is 0.0498. The number of nitrogens with zero attached hydrogens (tertiary/aromatic N) is 4. The van der Waals surface area contributed by atoms with Gasteiger partial charge in [0.2, 0.25) is 0 Å². The highest BCUT2D eigenvalue weighted by atomic mass is 28.4. The molecular weight excluding hydrogens is 1070 g/mol. The van der Waals surface area contributed by atoms with E-state index in [9.17, 15) is 0 Å². The predicted molar refractivity (Wildman–Crippen MR) is 350 cm³/mol. The van der Waals surface area contributed by atoms with Gasteiger partial charge in [-0.15, -0.1) is 0 Å². The van der Waals surface area contributed by atoms with Crippen molar-refractivity contribution in [2.75, 3.05) is 0 Å². The van der Waals surface area contributed by atoms with Gasteiger partial charge in [0.25, 0.3) is 6.33 Å². The third-order valence-corrected chi connectivity index (χ3v) is 24.1. The molecule has 0 unspecified atom stereocenters. The van der Waals surface area contributed by atoms with Crippen molar-refractivity contribution in [2.24, 2.45) is 0 Å². The van der Waals surface area contributed by atoms with E-state index in [0.29, 0.717) is 23.0 Å². The number of pyridine rings is 1. The number of ether oxygens (including phenoxy) is 1. The zero-order chi connectivity index (χ0) is 57.4. The monoisotopic (exact) mass is 1130 g/mol. The highest BCUT2D eigenvalue weighted by Gasteiger charge is 2.47. The van der Waals surface area contributed by atoms with Crippen molar-refractivity contribution in [1.82, 2.24) is 14.1 Å². The van der Waals surface area contributed by atoms with Gasteiger partial charge < -0.3 is 13.6 Å². The van der Waals surface area contributed by atoms with Gasteiger partial charge in [0.05, 0.1) is 27.8 Å². The lowest BCUT2D eigenvalue weighted by molar-refractivity contribution is -0.573. The van der Waals surface area contributed by atoms with Crippen LogP contribution in [-0.2, 0) is 5.41 Å². The van der Waals surface area contributed by atoms with Crippen molar-refractivity contribution in [3.05, 3.63) is 321 Å². The van der Waals surface area contributed by atoms with Gasteiger partial charge in [0.15, 0.2) is 0 Å². The van der Waals surface area contributed by atoms with Gasteiger partial charge in [-0.05, 0) is 103 Å². The lowest BCUT2D eigenvalue weighted by Crippen LogP contribution is -2.72. The van der Waals surface area contributed by atoms with Gasteiger partial charge in [0.1, 0.15) is 34.5 Å². The summed E-state index contributed by atoms with van der Waals surface area (Å²) in [5, 5.41) is 8.89. The number of hydrogen-bond donors (Lipinski definition) is 0. The molecule has 0 N–H and O–H groups in total. The second-order valence-electron chi connectivity index (χ2n) is 22.4. The maximum atomic E-state index is 8.17. The van der Waals surface area contributed by atoms with E-state index >= 15 is 0 Å². The maximum absolute atomic E-state index is 8.17. The first-order valence-corrected chi connectivity index (χ1v) is 32.7. The molecule has 0 fully saturated rings. The highest BCUT2D eigenvalue weighted by molar-refractivity contribution is 7.08. The minimum Gasteiger partial charge on any atom is -0.533 e. The van der Waals surface area contributed by atoms with Gasteiger partial charge in [-0.3, -0.25) is 13.7 Å². The average Bonchev–Trinajstić information content (AvgIpc) is 3.82. The Labute approximate surface area is 497 Å². The number of para-hydroxylation sites is 4. The Kier molecular flexibility index (Phi) is 13.7. The number of benzene rings is 11. The molecule has 0 aliphatic carbocycles. The molecule has 0 amide bonds. The smallest absolute Gasteiger partial charge is 0.346 e. The van der Waals surface area contributed by atoms with Crippen LogP contribution in [0.3, 0.4) is 0 Å². The van der Waals surface area contributed by atoms with Crippen LogP contribution in [0.5, 0.6) is 23.0 Å². The summed E-state index contributed by atoms with van der Waals surface area (Å²) >= 11 is 0. The van der Waals surface area contributed by atoms with Crippen LogP contribution < -0.4 is 49.3 Å². The first kappa shape index (κ1) is 52.7. The van der Waals surface area contributed by atoms with Crippen LogP contribution >= 0.6 is 0 Å². The first-order valence-electron chi connectivity index (χ1n) is 28.8. The standard InChI is InChI=1S/C76H60N4O3Si2/c1-76(2,3)56-50-51-77-74(52-56)80-68-43-23-22-42-66(68)67-49-48-59(54-71(67)80)81-58-29-26-28-57(53-58)78-55-79(70-45-25-24-44-69(70)78)75-72(82-84(60-30-10-4-11-31-60,61-32-12-5-13-33-61)62-34-14-6-15-35-62)46-27-47-73(75)83-85(63-36-16-7-17-37-63,64-38-18-8-19-39-64)65-40-20-9-21-41-65/h4-54H,1-3H3. The van der Waals surface area contributed by atoms with Crippen LogP contribution in [0, 0.1) is 6.33 Å². The normalized spacial score (nSPS) is 11.9. The average molecular weight is 1130 g/mol. The molecule has 0 bridgehead atoms. The van der Waals surface area contributed by atoms with Gasteiger partial charge in [-0.2, -0.15) is 0 Å².